The van der Waals surface area contributed by atoms with Crippen molar-refractivity contribution < 1.29 is 9.53 Å². The Bertz CT molecular complexity index is 287. The Hall–Kier alpha value is -0.360. The zero-order valence-electron chi connectivity index (χ0n) is 11.6. The number of methoxy groups -OCH3 is 1. The molecule has 6 heteroatoms. The first kappa shape index (κ1) is 16.7. The van der Waals surface area contributed by atoms with Gasteiger partial charge in [0.05, 0.1) is 12.6 Å². The second-order valence-corrected chi connectivity index (χ2v) is 5.49. The highest BCUT2D eigenvalue weighted by Gasteiger charge is 2.29. The number of nitrogens with two attached hydrogens (primary N) is 1. The molecule has 0 bridgehead atoms. The zero-order chi connectivity index (χ0) is 13.0. The summed E-state index contributed by atoms with van der Waals surface area (Å²) in [5.74, 6) is 0.870. The quantitative estimate of drug-likeness (QED) is 0.742. The van der Waals surface area contributed by atoms with Crippen LogP contribution in [0.1, 0.15) is 25.7 Å². The molecule has 0 aromatic rings. The molecule has 1 aliphatic carbocycles. The minimum Gasteiger partial charge on any atom is -0.381 e. The molecule has 2 fully saturated rings. The normalized spacial score (nSPS) is 27.7. The maximum absolute atomic E-state index is 11.8. The number of nitrogens with one attached hydrogen (secondary N) is 1. The molecule has 2 aliphatic rings. The van der Waals surface area contributed by atoms with Crippen molar-refractivity contribution in [2.45, 2.75) is 37.8 Å². The first-order valence-electron chi connectivity index (χ1n) is 6.96. The van der Waals surface area contributed by atoms with E-state index in [1.54, 1.807) is 7.11 Å². The second kappa shape index (κ2) is 8.04. The Morgan fingerprint density at radius 3 is 2.74 bits per heavy atom. The Balaban J connectivity index is 0.00000180. The van der Waals surface area contributed by atoms with Crippen LogP contribution in [0, 0.1) is 5.92 Å². The molecule has 1 saturated carbocycles. The Labute approximate surface area is 121 Å². The van der Waals surface area contributed by atoms with Crippen LogP contribution in [-0.2, 0) is 9.53 Å². The predicted molar refractivity (Wildman–Crippen MR) is 77.4 cm³/mol. The number of carbonyl (C=O) groups excluding carboxylic acids is 1. The van der Waals surface area contributed by atoms with E-state index in [0.29, 0.717) is 19.2 Å². The summed E-state index contributed by atoms with van der Waals surface area (Å²) in [4.78, 5) is 14.0. The molecule has 1 saturated heterocycles. The molecule has 19 heavy (non-hydrogen) atoms. The lowest BCUT2D eigenvalue weighted by atomic mass is 9.99. The van der Waals surface area contributed by atoms with E-state index in [-0.39, 0.29) is 24.4 Å². The van der Waals surface area contributed by atoms with E-state index in [1.807, 2.05) is 0 Å². The summed E-state index contributed by atoms with van der Waals surface area (Å²) in [5, 5.41) is 3.01. The lowest BCUT2D eigenvalue weighted by Gasteiger charge is -2.37. The van der Waals surface area contributed by atoms with E-state index >= 15 is 0 Å². The fourth-order valence-corrected chi connectivity index (χ4v) is 2.55. The zero-order valence-corrected chi connectivity index (χ0v) is 12.5. The number of halogens is 1. The minimum absolute atomic E-state index is 0. The van der Waals surface area contributed by atoms with Crippen molar-refractivity contribution in [2.24, 2.45) is 11.7 Å². The van der Waals surface area contributed by atoms with E-state index in [4.69, 9.17) is 10.5 Å². The third kappa shape index (κ3) is 5.26. The molecular weight excluding hydrogens is 266 g/mol. The van der Waals surface area contributed by atoms with Crippen LogP contribution < -0.4 is 11.1 Å². The molecule has 1 heterocycles. The summed E-state index contributed by atoms with van der Waals surface area (Å²) >= 11 is 0. The van der Waals surface area contributed by atoms with Crippen LogP contribution >= 0.6 is 12.4 Å². The van der Waals surface area contributed by atoms with Crippen molar-refractivity contribution in [1.82, 2.24) is 10.2 Å². The van der Waals surface area contributed by atoms with Crippen LogP contribution in [-0.4, -0.2) is 56.2 Å². The molecule has 5 nitrogen and oxygen atoms in total. The van der Waals surface area contributed by atoms with Crippen molar-refractivity contribution in [2.75, 3.05) is 33.3 Å². The van der Waals surface area contributed by atoms with Gasteiger partial charge in [-0.15, -0.1) is 12.4 Å². The summed E-state index contributed by atoms with van der Waals surface area (Å²) < 4.78 is 5.38. The van der Waals surface area contributed by atoms with Gasteiger partial charge in [0.25, 0.3) is 0 Å². The number of amides is 1. The average molecular weight is 292 g/mol. The van der Waals surface area contributed by atoms with Crippen molar-refractivity contribution >= 4 is 18.3 Å². The third-order valence-corrected chi connectivity index (χ3v) is 4.03. The van der Waals surface area contributed by atoms with Gasteiger partial charge in [-0.2, -0.15) is 0 Å². The Morgan fingerprint density at radius 1 is 1.42 bits per heavy atom. The number of hydrogen-bond donors (Lipinski definition) is 2. The molecule has 1 amide bonds. The molecule has 0 spiro atoms. The number of hydrogen-bond acceptors (Lipinski definition) is 4. The minimum atomic E-state index is 0. The highest BCUT2D eigenvalue weighted by atomic mass is 35.5. The van der Waals surface area contributed by atoms with E-state index < -0.39 is 0 Å². The predicted octanol–water partition coefficient (Wildman–Crippen LogP) is 0.373. The van der Waals surface area contributed by atoms with Gasteiger partial charge in [0, 0.05) is 32.8 Å². The number of piperidine rings is 1. The Kier molecular flexibility index (Phi) is 7.07. The van der Waals surface area contributed by atoms with Crippen LogP contribution in [0.2, 0.25) is 0 Å². The number of ether oxygens (including phenoxy) is 1. The Morgan fingerprint density at radius 2 is 2.16 bits per heavy atom. The van der Waals surface area contributed by atoms with E-state index in [0.717, 1.165) is 31.8 Å². The topological polar surface area (TPSA) is 67.6 Å². The van der Waals surface area contributed by atoms with Gasteiger partial charge in [-0.1, -0.05) is 0 Å². The molecule has 2 unspecified atom stereocenters. The van der Waals surface area contributed by atoms with Crippen LogP contribution in [0.15, 0.2) is 0 Å². The smallest absolute Gasteiger partial charge is 0.234 e. The van der Waals surface area contributed by atoms with Crippen LogP contribution in [0.4, 0.5) is 0 Å². The maximum Gasteiger partial charge on any atom is 0.234 e. The van der Waals surface area contributed by atoms with Crippen molar-refractivity contribution in [1.29, 1.82) is 0 Å². The molecule has 0 radical (unpaired) electrons. The van der Waals surface area contributed by atoms with Gasteiger partial charge in [-0.05, 0) is 31.6 Å². The SMILES string of the molecule is COC1CCN(CC(=O)NCC2CC2)C(CN)C1.Cl. The maximum atomic E-state index is 11.8. The number of likely N-dealkylation sites (tertiary alicyclic amines) is 1. The van der Waals surface area contributed by atoms with Gasteiger partial charge < -0.3 is 15.8 Å². The van der Waals surface area contributed by atoms with Gasteiger partial charge >= 0.3 is 0 Å². The summed E-state index contributed by atoms with van der Waals surface area (Å²) in [5.41, 5.74) is 5.79. The fourth-order valence-electron chi connectivity index (χ4n) is 2.55. The summed E-state index contributed by atoms with van der Waals surface area (Å²) in [6, 6.07) is 0.273. The molecule has 0 aromatic heterocycles. The first-order valence-corrected chi connectivity index (χ1v) is 6.96. The van der Waals surface area contributed by atoms with Crippen LogP contribution in [0.5, 0.6) is 0 Å². The van der Waals surface area contributed by atoms with Gasteiger partial charge in [0.2, 0.25) is 5.91 Å². The summed E-state index contributed by atoms with van der Waals surface area (Å²) in [6.45, 7) is 2.82. The highest BCUT2D eigenvalue weighted by molar-refractivity contribution is 5.85. The summed E-state index contributed by atoms with van der Waals surface area (Å²) in [6.07, 6.45) is 4.76. The highest BCUT2D eigenvalue weighted by Crippen LogP contribution is 2.27. The standard InChI is InChI=1S/C13H25N3O2.ClH/c1-18-12-4-5-16(11(6-12)7-14)9-13(17)15-8-10-2-3-10;/h10-12H,2-9,14H2,1H3,(H,15,17);1H. The van der Waals surface area contributed by atoms with Crippen molar-refractivity contribution in [3.8, 4) is 0 Å². The molecule has 2 atom stereocenters. The molecule has 2 rings (SSSR count). The monoisotopic (exact) mass is 291 g/mol. The largest absolute Gasteiger partial charge is 0.381 e. The molecule has 0 aromatic carbocycles. The van der Waals surface area contributed by atoms with Gasteiger partial charge in [0.15, 0.2) is 0 Å². The third-order valence-electron chi connectivity index (χ3n) is 4.03. The first-order chi connectivity index (χ1) is 8.72. The molecule has 3 N–H and O–H groups in total. The molecule has 112 valence electrons. The van der Waals surface area contributed by atoms with Crippen molar-refractivity contribution in [3.05, 3.63) is 0 Å². The van der Waals surface area contributed by atoms with Crippen LogP contribution in [0.25, 0.3) is 0 Å². The van der Waals surface area contributed by atoms with Crippen LogP contribution in [0.3, 0.4) is 0 Å². The molecular formula is C13H26ClN3O2. The van der Waals surface area contributed by atoms with E-state index in [2.05, 4.69) is 10.2 Å². The number of nitrogens with zero attached hydrogens (tertiary/aromatic N) is 1. The van der Waals surface area contributed by atoms with E-state index in [9.17, 15) is 4.79 Å². The van der Waals surface area contributed by atoms with Crippen molar-refractivity contribution in [3.63, 3.8) is 0 Å². The molecule has 1 aliphatic heterocycles. The van der Waals surface area contributed by atoms with E-state index in [1.165, 1.54) is 12.8 Å². The summed E-state index contributed by atoms with van der Waals surface area (Å²) in [7, 11) is 1.75. The van der Waals surface area contributed by atoms with Gasteiger partial charge in [0.1, 0.15) is 0 Å². The number of carbonyl (C=O) groups is 1. The lowest BCUT2D eigenvalue weighted by Crippen LogP contribution is -2.51. The lowest BCUT2D eigenvalue weighted by molar-refractivity contribution is -0.123. The second-order valence-electron chi connectivity index (χ2n) is 5.49. The van der Waals surface area contributed by atoms with Gasteiger partial charge in [-0.25, -0.2) is 0 Å². The number of rotatable bonds is 6. The van der Waals surface area contributed by atoms with Gasteiger partial charge in [-0.3, -0.25) is 9.69 Å². The fraction of sp³-hybridized carbons (Fsp3) is 0.923. The average Bonchev–Trinajstić information content (AvgIpc) is 3.21.